The molecule has 2 heterocycles. The molecule has 2 aliphatic rings. The van der Waals surface area contributed by atoms with Crippen LogP contribution in [0.1, 0.15) is 61.5 Å². The molecule has 5 rings (SSSR count). The maximum Gasteiger partial charge on any atom is 0.247 e. The number of nitrogens with zero attached hydrogens (tertiary/aromatic N) is 5. The molecule has 2 aromatic heterocycles. The number of rotatable bonds is 6. The lowest BCUT2D eigenvalue weighted by Gasteiger charge is -2.10. The number of benzene rings is 1. The molecule has 0 unspecified atom stereocenters. The van der Waals surface area contributed by atoms with Gasteiger partial charge in [0.05, 0.1) is 5.25 Å². The predicted octanol–water partition coefficient (Wildman–Crippen LogP) is 5.05. The van der Waals surface area contributed by atoms with Crippen LogP contribution in [0.4, 0.5) is 0 Å². The molecule has 0 aliphatic heterocycles. The van der Waals surface area contributed by atoms with Crippen LogP contribution in [0.3, 0.4) is 0 Å². The van der Waals surface area contributed by atoms with E-state index in [1.54, 1.807) is 11.8 Å². The normalized spacial score (nSPS) is 18.2. The van der Waals surface area contributed by atoms with Crippen molar-refractivity contribution in [1.82, 2.24) is 25.0 Å². The first-order valence-corrected chi connectivity index (χ1v) is 10.2. The van der Waals surface area contributed by atoms with Gasteiger partial charge in [-0.05, 0) is 50.8 Å². The van der Waals surface area contributed by atoms with Gasteiger partial charge in [-0.1, -0.05) is 29.4 Å². The fraction of sp³-hybridized carbons (Fsp3) is 0.444. The zero-order valence-corrected chi connectivity index (χ0v) is 15.9. The third kappa shape index (κ3) is 3.14. The summed E-state index contributed by atoms with van der Waals surface area (Å²) in [6.07, 6.45) is 4.91. The number of thioether (sulfide) groups is 1. The van der Waals surface area contributed by atoms with E-state index in [2.05, 4.69) is 31.9 Å². The Morgan fingerprint density at radius 3 is 2.73 bits per heavy atom. The molecule has 0 saturated heterocycles. The molecule has 3 aromatic rings. The Bertz CT molecular complexity index is 947. The van der Waals surface area contributed by atoms with Gasteiger partial charge in [0.2, 0.25) is 11.8 Å². The molecule has 8 heteroatoms. The third-order valence-corrected chi connectivity index (χ3v) is 5.97. The van der Waals surface area contributed by atoms with E-state index in [0.29, 0.717) is 28.8 Å². The van der Waals surface area contributed by atoms with E-state index in [-0.39, 0.29) is 5.25 Å². The smallest absolute Gasteiger partial charge is 0.247 e. The summed E-state index contributed by atoms with van der Waals surface area (Å²) in [5.41, 5.74) is 0.825. The fourth-order valence-corrected chi connectivity index (χ4v) is 4.16. The van der Waals surface area contributed by atoms with E-state index in [0.717, 1.165) is 16.5 Å². The maximum absolute atomic E-state index is 6.05. The van der Waals surface area contributed by atoms with Crippen LogP contribution in [0.15, 0.2) is 33.8 Å². The standard InChI is InChI=1S/C18H18ClN5OS/c1-10(16-21-22-17(25-16)12-3-2-4-13(19)9-12)26-18-23-20-15(11-5-6-11)24(18)14-7-8-14/h2-4,9-11,14H,5-8H2,1H3/t10-/m0/s1. The minimum absolute atomic E-state index is 0.00388. The average molecular weight is 388 g/mol. The summed E-state index contributed by atoms with van der Waals surface area (Å²) in [6, 6.07) is 8.00. The van der Waals surface area contributed by atoms with Gasteiger partial charge in [-0.2, -0.15) is 0 Å². The Kier molecular flexibility index (Phi) is 4.01. The Labute approximate surface area is 160 Å². The van der Waals surface area contributed by atoms with Crippen LogP contribution in [0.5, 0.6) is 0 Å². The van der Waals surface area contributed by atoms with Gasteiger partial charge in [0.25, 0.3) is 0 Å². The van der Waals surface area contributed by atoms with Crippen LogP contribution in [0.25, 0.3) is 11.5 Å². The largest absolute Gasteiger partial charge is 0.419 e. The van der Waals surface area contributed by atoms with E-state index in [1.807, 2.05) is 24.3 Å². The first-order valence-electron chi connectivity index (χ1n) is 8.90. The van der Waals surface area contributed by atoms with Crippen LogP contribution in [0, 0.1) is 0 Å². The van der Waals surface area contributed by atoms with Crippen molar-refractivity contribution in [3.8, 4) is 11.5 Å². The molecule has 6 nitrogen and oxygen atoms in total. The van der Waals surface area contributed by atoms with E-state index in [4.69, 9.17) is 16.0 Å². The zero-order chi connectivity index (χ0) is 17.7. The van der Waals surface area contributed by atoms with E-state index < -0.39 is 0 Å². The number of aromatic nitrogens is 5. The number of hydrogen-bond donors (Lipinski definition) is 0. The molecule has 0 bridgehead atoms. The third-order valence-electron chi connectivity index (χ3n) is 4.69. The molecular formula is C18H18ClN5OS. The second kappa shape index (κ2) is 6.39. The first kappa shape index (κ1) is 16.3. The number of hydrogen-bond acceptors (Lipinski definition) is 6. The monoisotopic (exact) mass is 387 g/mol. The van der Waals surface area contributed by atoms with Gasteiger partial charge < -0.3 is 8.98 Å². The van der Waals surface area contributed by atoms with Gasteiger partial charge in [0, 0.05) is 22.5 Å². The second-order valence-corrected chi connectivity index (χ2v) is 8.68. The topological polar surface area (TPSA) is 69.6 Å². The van der Waals surface area contributed by atoms with E-state index in [9.17, 15) is 0 Å². The minimum atomic E-state index is 0.00388. The van der Waals surface area contributed by atoms with Crippen LogP contribution >= 0.6 is 23.4 Å². The summed E-state index contributed by atoms with van der Waals surface area (Å²) in [5, 5.41) is 18.9. The first-order chi connectivity index (χ1) is 12.7. The van der Waals surface area contributed by atoms with Crippen LogP contribution < -0.4 is 0 Å². The second-order valence-electron chi connectivity index (χ2n) is 6.93. The highest BCUT2D eigenvalue weighted by molar-refractivity contribution is 7.99. The van der Waals surface area contributed by atoms with Crippen molar-refractivity contribution in [2.45, 2.75) is 55.0 Å². The molecule has 0 amide bonds. The zero-order valence-electron chi connectivity index (χ0n) is 14.3. The molecule has 0 N–H and O–H groups in total. The summed E-state index contributed by atoms with van der Waals surface area (Å²) in [7, 11) is 0. The lowest BCUT2D eigenvalue weighted by Crippen LogP contribution is -2.02. The lowest BCUT2D eigenvalue weighted by molar-refractivity contribution is 0.508. The molecule has 1 aromatic carbocycles. The van der Waals surface area contributed by atoms with Crippen molar-refractivity contribution in [3.05, 3.63) is 41.0 Å². The van der Waals surface area contributed by atoms with Gasteiger partial charge in [0.15, 0.2) is 5.16 Å². The molecule has 2 fully saturated rings. The highest BCUT2D eigenvalue weighted by Crippen LogP contribution is 2.47. The summed E-state index contributed by atoms with van der Waals surface area (Å²) in [4.78, 5) is 0. The summed E-state index contributed by atoms with van der Waals surface area (Å²) in [5.74, 6) is 2.83. The highest BCUT2D eigenvalue weighted by Gasteiger charge is 2.37. The van der Waals surface area contributed by atoms with Crippen molar-refractivity contribution in [2.24, 2.45) is 0 Å². The maximum atomic E-state index is 6.05. The summed E-state index contributed by atoms with van der Waals surface area (Å²) < 4.78 is 8.22. The Hall–Kier alpha value is -1.86. The molecular weight excluding hydrogens is 370 g/mol. The van der Waals surface area contributed by atoms with Crippen LogP contribution in [-0.4, -0.2) is 25.0 Å². The lowest BCUT2D eigenvalue weighted by atomic mass is 10.2. The van der Waals surface area contributed by atoms with Gasteiger partial charge in [0.1, 0.15) is 5.82 Å². The van der Waals surface area contributed by atoms with Gasteiger partial charge >= 0.3 is 0 Å². The van der Waals surface area contributed by atoms with E-state index >= 15 is 0 Å². The minimum Gasteiger partial charge on any atom is -0.419 e. The quantitative estimate of drug-likeness (QED) is 0.551. The molecule has 134 valence electrons. The van der Waals surface area contributed by atoms with Crippen molar-refractivity contribution >= 4 is 23.4 Å². The predicted molar refractivity (Wildman–Crippen MR) is 99.3 cm³/mol. The fourth-order valence-electron chi connectivity index (χ4n) is 3.01. The molecule has 2 saturated carbocycles. The SMILES string of the molecule is C[C@H](Sc1nnc(C2CC2)n1C1CC1)c1nnc(-c2cccc(Cl)c2)o1. The van der Waals surface area contributed by atoms with Crippen molar-refractivity contribution in [3.63, 3.8) is 0 Å². The Balaban J connectivity index is 1.37. The van der Waals surface area contributed by atoms with Gasteiger partial charge in [-0.3, -0.25) is 0 Å². The average Bonchev–Trinajstić information content (AvgIpc) is 3.56. The van der Waals surface area contributed by atoms with Crippen molar-refractivity contribution in [2.75, 3.05) is 0 Å². The summed E-state index contributed by atoms with van der Waals surface area (Å²) >= 11 is 7.68. The molecule has 26 heavy (non-hydrogen) atoms. The van der Waals surface area contributed by atoms with Crippen molar-refractivity contribution < 1.29 is 4.42 Å². The Morgan fingerprint density at radius 1 is 1.15 bits per heavy atom. The van der Waals surface area contributed by atoms with Gasteiger partial charge in [-0.15, -0.1) is 20.4 Å². The van der Waals surface area contributed by atoms with E-state index in [1.165, 1.54) is 25.7 Å². The Morgan fingerprint density at radius 2 is 2.00 bits per heavy atom. The molecule has 0 spiro atoms. The number of halogens is 1. The van der Waals surface area contributed by atoms with Crippen molar-refractivity contribution in [1.29, 1.82) is 0 Å². The van der Waals surface area contributed by atoms with Gasteiger partial charge in [-0.25, -0.2) is 0 Å². The molecule has 1 atom stereocenters. The van der Waals surface area contributed by atoms with Crippen LogP contribution in [-0.2, 0) is 0 Å². The highest BCUT2D eigenvalue weighted by atomic mass is 35.5. The van der Waals surface area contributed by atoms with Crippen LogP contribution in [0.2, 0.25) is 5.02 Å². The molecule has 0 radical (unpaired) electrons. The summed E-state index contributed by atoms with van der Waals surface area (Å²) in [6.45, 7) is 2.06. The molecule has 2 aliphatic carbocycles.